The Morgan fingerprint density at radius 3 is 2.20 bits per heavy atom. The van der Waals surface area contributed by atoms with Gasteiger partial charge in [0.1, 0.15) is 6.04 Å². The average molecular weight is 347 g/mol. The third-order valence-electron chi connectivity index (χ3n) is 3.80. The van der Waals surface area contributed by atoms with Crippen molar-refractivity contribution in [1.82, 2.24) is 10.6 Å². The first-order chi connectivity index (χ1) is 11.8. The first-order valence-electron chi connectivity index (χ1n) is 8.77. The Morgan fingerprint density at radius 1 is 1.00 bits per heavy atom. The molecule has 138 valence electrons. The van der Waals surface area contributed by atoms with E-state index in [1.165, 1.54) is 5.56 Å². The predicted octanol–water partition coefficient (Wildman–Crippen LogP) is 2.24. The van der Waals surface area contributed by atoms with Gasteiger partial charge in [-0.1, -0.05) is 32.9 Å². The quantitative estimate of drug-likeness (QED) is 0.640. The van der Waals surface area contributed by atoms with Gasteiger partial charge in [0.25, 0.3) is 0 Å². The average Bonchev–Trinajstić information content (AvgIpc) is 2.58. The molecule has 0 saturated carbocycles. The molecule has 0 aromatic heterocycles. The number of rotatable bonds is 9. The van der Waals surface area contributed by atoms with Crippen LogP contribution in [0.5, 0.6) is 0 Å². The molecule has 1 rings (SSSR count). The number of aryl methyl sites for hydroxylation is 1. The van der Waals surface area contributed by atoms with Crippen molar-refractivity contribution >= 4 is 23.4 Å². The lowest BCUT2D eigenvalue weighted by Crippen LogP contribution is -2.45. The summed E-state index contributed by atoms with van der Waals surface area (Å²) in [4.78, 5) is 35.5. The Balaban J connectivity index is 2.35. The molecule has 0 spiro atoms. The Bertz CT molecular complexity index is 582. The van der Waals surface area contributed by atoms with Gasteiger partial charge in [-0.05, 0) is 43.4 Å². The lowest BCUT2D eigenvalue weighted by atomic mass is 10.1. The molecule has 0 heterocycles. The standard InChI is InChI=1S/C19H29N3O3/c1-5-15-7-9-16(10-8-15)22-19(25)14(4)21-18(24)12-20-17(23)11-6-13(2)3/h7-10,13-14H,5-6,11-12H2,1-4H3,(H,20,23)(H,21,24)(H,22,25)/t14-/m0/s1. The second-order valence-electron chi connectivity index (χ2n) is 6.54. The van der Waals surface area contributed by atoms with Gasteiger partial charge in [-0.15, -0.1) is 0 Å². The smallest absolute Gasteiger partial charge is 0.246 e. The summed E-state index contributed by atoms with van der Waals surface area (Å²) in [5, 5.41) is 7.89. The normalized spacial score (nSPS) is 11.7. The lowest BCUT2D eigenvalue weighted by molar-refractivity contribution is -0.128. The number of carbonyl (C=O) groups is 3. The van der Waals surface area contributed by atoms with Crippen molar-refractivity contribution in [2.24, 2.45) is 5.92 Å². The first kappa shape index (κ1) is 20.7. The van der Waals surface area contributed by atoms with E-state index in [4.69, 9.17) is 0 Å². The van der Waals surface area contributed by atoms with Gasteiger partial charge < -0.3 is 16.0 Å². The zero-order valence-electron chi connectivity index (χ0n) is 15.5. The van der Waals surface area contributed by atoms with Gasteiger partial charge in [0.2, 0.25) is 17.7 Å². The fraction of sp³-hybridized carbons (Fsp3) is 0.526. The largest absolute Gasteiger partial charge is 0.347 e. The maximum absolute atomic E-state index is 12.1. The minimum Gasteiger partial charge on any atom is -0.347 e. The van der Waals surface area contributed by atoms with Crippen LogP contribution in [0.25, 0.3) is 0 Å². The van der Waals surface area contributed by atoms with E-state index in [1.807, 2.05) is 38.1 Å². The molecule has 0 unspecified atom stereocenters. The van der Waals surface area contributed by atoms with Crippen molar-refractivity contribution in [3.63, 3.8) is 0 Å². The Hall–Kier alpha value is -2.37. The number of benzene rings is 1. The van der Waals surface area contributed by atoms with Crippen LogP contribution in [0.1, 0.15) is 46.1 Å². The molecule has 0 aliphatic carbocycles. The van der Waals surface area contributed by atoms with Gasteiger partial charge in [-0.25, -0.2) is 0 Å². The summed E-state index contributed by atoms with van der Waals surface area (Å²) in [7, 11) is 0. The van der Waals surface area contributed by atoms with Crippen LogP contribution in [0, 0.1) is 5.92 Å². The van der Waals surface area contributed by atoms with Gasteiger partial charge in [-0.3, -0.25) is 14.4 Å². The molecule has 0 radical (unpaired) electrons. The van der Waals surface area contributed by atoms with Crippen molar-refractivity contribution in [3.05, 3.63) is 29.8 Å². The highest BCUT2D eigenvalue weighted by Crippen LogP contribution is 2.10. The maximum Gasteiger partial charge on any atom is 0.246 e. The minimum atomic E-state index is -0.689. The summed E-state index contributed by atoms with van der Waals surface area (Å²) in [6.45, 7) is 7.62. The molecule has 6 heteroatoms. The zero-order chi connectivity index (χ0) is 18.8. The summed E-state index contributed by atoms with van der Waals surface area (Å²) >= 11 is 0. The van der Waals surface area contributed by atoms with Crippen LogP contribution in [-0.2, 0) is 20.8 Å². The van der Waals surface area contributed by atoms with Crippen LogP contribution >= 0.6 is 0 Å². The van der Waals surface area contributed by atoms with E-state index in [0.29, 0.717) is 18.0 Å². The summed E-state index contributed by atoms with van der Waals surface area (Å²) in [5.74, 6) is -0.405. The van der Waals surface area contributed by atoms with Crippen LogP contribution in [0.2, 0.25) is 0 Å². The van der Waals surface area contributed by atoms with E-state index < -0.39 is 6.04 Å². The third kappa shape index (κ3) is 8.33. The van der Waals surface area contributed by atoms with Gasteiger partial charge >= 0.3 is 0 Å². The van der Waals surface area contributed by atoms with Gasteiger partial charge in [0.15, 0.2) is 0 Å². The zero-order valence-corrected chi connectivity index (χ0v) is 15.5. The van der Waals surface area contributed by atoms with E-state index in [1.54, 1.807) is 6.92 Å². The van der Waals surface area contributed by atoms with E-state index >= 15 is 0 Å². The van der Waals surface area contributed by atoms with E-state index in [0.717, 1.165) is 12.8 Å². The molecular weight excluding hydrogens is 318 g/mol. The molecule has 1 atom stereocenters. The fourth-order valence-corrected chi connectivity index (χ4v) is 2.12. The highest BCUT2D eigenvalue weighted by molar-refractivity contribution is 5.97. The molecular formula is C19H29N3O3. The molecule has 0 aliphatic rings. The van der Waals surface area contributed by atoms with Gasteiger partial charge in [0.05, 0.1) is 6.54 Å². The SMILES string of the molecule is CCc1ccc(NC(=O)[C@H](C)NC(=O)CNC(=O)CCC(C)C)cc1. The van der Waals surface area contributed by atoms with Crippen molar-refractivity contribution in [1.29, 1.82) is 0 Å². The molecule has 0 fully saturated rings. The molecule has 6 nitrogen and oxygen atoms in total. The fourth-order valence-electron chi connectivity index (χ4n) is 2.12. The molecule has 1 aromatic rings. The molecule has 0 bridgehead atoms. The van der Waals surface area contributed by atoms with Gasteiger partial charge in [0, 0.05) is 12.1 Å². The minimum absolute atomic E-state index is 0.125. The molecule has 0 saturated heterocycles. The van der Waals surface area contributed by atoms with Crippen LogP contribution in [-0.4, -0.2) is 30.3 Å². The van der Waals surface area contributed by atoms with Crippen LogP contribution in [0.15, 0.2) is 24.3 Å². The highest BCUT2D eigenvalue weighted by Gasteiger charge is 2.16. The van der Waals surface area contributed by atoms with E-state index in [9.17, 15) is 14.4 Å². The van der Waals surface area contributed by atoms with Crippen LogP contribution in [0.4, 0.5) is 5.69 Å². The first-order valence-corrected chi connectivity index (χ1v) is 8.77. The summed E-state index contributed by atoms with van der Waals surface area (Å²) in [6, 6.07) is 6.88. The van der Waals surface area contributed by atoms with Gasteiger partial charge in [-0.2, -0.15) is 0 Å². The molecule has 3 amide bonds. The number of carbonyl (C=O) groups excluding carboxylic acids is 3. The number of anilines is 1. The number of amides is 3. The lowest BCUT2D eigenvalue weighted by Gasteiger charge is -2.15. The monoisotopic (exact) mass is 347 g/mol. The number of hydrogen-bond acceptors (Lipinski definition) is 3. The number of nitrogens with one attached hydrogen (secondary N) is 3. The molecule has 1 aromatic carbocycles. The van der Waals surface area contributed by atoms with Crippen molar-refractivity contribution in [2.75, 3.05) is 11.9 Å². The predicted molar refractivity (Wildman–Crippen MR) is 99.1 cm³/mol. The van der Waals surface area contributed by atoms with Crippen molar-refractivity contribution in [2.45, 2.75) is 53.0 Å². The van der Waals surface area contributed by atoms with Crippen LogP contribution < -0.4 is 16.0 Å². The second kappa shape index (κ2) is 10.5. The Labute approximate surface area is 149 Å². The molecule has 25 heavy (non-hydrogen) atoms. The van der Waals surface area contributed by atoms with E-state index in [2.05, 4.69) is 22.9 Å². The van der Waals surface area contributed by atoms with E-state index in [-0.39, 0.29) is 24.3 Å². The van der Waals surface area contributed by atoms with Crippen molar-refractivity contribution < 1.29 is 14.4 Å². The van der Waals surface area contributed by atoms with Crippen molar-refractivity contribution in [3.8, 4) is 0 Å². The Kier molecular flexibility index (Phi) is 8.67. The summed E-state index contributed by atoms with van der Waals surface area (Å²) in [5.41, 5.74) is 1.87. The topological polar surface area (TPSA) is 87.3 Å². The number of hydrogen-bond donors (Lipinski definition) is 3. The maximum atomic E-state index is 12.1. The summed E-state index contributed by atoms with van der Waals surface area (Å²) in [6.07, 6.45) is 2.11. The third-order valence-corrected chi connectivity index (χ3v) is 3.80. The summed E-state index contributed by atoms with van der Waals surface area (Å²) < 4.78 is 0. The molecule has 0 aliphatic heterocycles. The molecule has 3 N–H and O–H groups in total. The second-order valence-corrected chi connectivity index (χ2v) is 6.54. The van der Waals surface area contributed by atoms with Crippen LogP contribution in [0.3, 0.4) is 0 Å². The Morgan fingerprint density at radius 2 is 1.64 bits per heavy atom. The highest BCUT2D eigenvalue weighted by atomic mass is 16.2.